The van der Waals surface area contributed by atoms with Crippen LogP contribution in [0.3, 0.4) is 0 Å². The van der Waals surface area contributed by atoms with Crippen molar-refractivity contribution >= 4 is 12.1 Å². The first-order chi connectivity index (χ1) is 15.2. The lowest BCUT2D eigenvalue weighted by atomic mass is 9.61. The number of urea groups is 1. The molecule has 1 aromatic carbocycles. The number of carbonyl (C=O) groups excluding carboxylic acids is 1. The summed E-state index contributed by atoms with van der Waals surface area (Å²) >= 11 is 0. The molecule has 6 heteroatoms. The van der Waals surface area contributed by atoms with Crippen LogP contribution in [0.15, 0.2) is 36.2 Å². The van der Waals surface area contributed by atoms with E-state index in [0.717, 1.165) is 42.8 Å². The first-order valence-corrected chi connectivity index (χ1v) is 11.7. The molecule has 1 saturated carbocycles. The number of imidazole rings is 1. The van der Waals surface area contributed by atoms with Crippen LogP contribution in [0, 0.1) is 17.2 Å². The number of nitrogens with zero attached hydrogens (tertiary/aromatic N) is 2. The van der Waals surface area contributed by atoms with Gasteiger partial charge in [0.2, 0.25) is 0 Å². The van der Waals surface area contributed by atoms with Crippen molar-refractivity contribution in [3.05, 3.63) is 47.7 Å². The molecule has 0 bridgehead atoms. The van der Waals surface area contributed by atoms with E-state index in [9.17, 15) is 9.18 Å². The minimum absolute atomic E-state index is 0.0954. The third-order valence-electron chi connectivity index (χ3n) is 6.94. The first-order valence-electron chi connectivity index (χ1n) is 11.7. The van der Waals surface area contributed by atoms with E-state index in [1.165, 1.54) is 30.5 Å². The Hall–Kier alpha value is -2.63. The van der Waals surface area contributed by atoms with Crippen molar-refractivity contribution in [3.8, 4) is 11.3 Å². The van der Waals surface area contributed by atoms with E-state index in [1.54, 1.807) is 12.1 Å². The van der Waals surface area contributed by atoms with E-state index in [4.69, 9.17) is 0 Å². The highest BCUT2D eigenvalue weighted by Gasteiger charge is 2.42. The van der Waals surface area contributed by atoms with Crippen LogP contribution < -0.4 is 10.6 Å². The maximum Gasteiger partial charge on any atom is 0.315 e. The standard InChI is InChI=1S/C26H35FN4O/c1-25(2,3)30-24(32)28-14-6-9-19-7-5-8-20-15-22-23(18-10-12-21(27)13-11-18)29-17-31(22)16-26(19,20)4/h10-13,15,17,19H,5-9,14,16H2,1-4H3,(H2,28,30,32)/t19-,26-/m1/s1. The van der Waals surface area contributed by atoms with E-state index >= 15 is 0 Å². The zero-order valence-electron chi connectivity index (χ0n) is 19.7. The van der Waals surface area contributed by atoms with Crippen molar-refractivity contribution in [2.45, 2.75) is 71.9 Å². The molecule has 2 heterocycles. The Morgan fingerprint density at radius 1 is 1.28 bits per heavy atom. The van der Waals surface area contributed by atoms with Gasteiger partial charge in [-0.05, 0) is 89.1 Å². The molecule has 2 aromatic rings. The number of aromatic nitrogens is 2. The molecule has 0 saturated heterocycles. The summed E-state index contributed by atoms with van der Waals surface area (Å²) in [5.41, 5.74) is 4.40. The van der Waals surface area contributed by atoms with Crippen LogP contribution >= 0.6 is 0 Å². The fourth-order valence-electron chi connectivity index (χ4n) is 5.29. The number of nitrogens with one attached hydrogen (secondary N) is 2. The molecule has 2 aliphatic rings. The van der Waals surface area contributed by atoms with Crippen LogP contribution in [-0.2, 0) is 6.54 Å². The van der Waals surface area contributed by atoms with Gasteiger partial charge in [0.15, 0.2) is 0 Å². The smallest absolute Gasteiger partial charge is 0.315 e. The zero-order valence-corrected chi connectivity index (χ0v) is 19.7. The van der Waals surface area contributed by atoms with E-state index in [1.807, 2.05) is 27.1 Å². The number of amides is 2. The molecule has 1 fully saturated rings. The van der Waals surface area contributed by atoms with E-state index in [0.29, 0.717) is 12.5 Å². The van der Waals surface area contributed by atoms with Crippen molar-refractivity contribution in [1.82, 2.24) is 20.2 Å². The summed E-state index contributed by atoms with van der Waals surface area (Å²) in [5.74, 6) is 0.355. The Morgan fingerprint density at radius 2 is 2.03 bits per heavy atom. The Morgan fingerprint density at radius 3 is 2.75 bits per heavy atom. The van der Waals surface area contributed by atoms with Gasteiger partial charge in [0.05, 0.1) is 17.7 Å². The molecule has 2 N–H and O–H groups in total. The van der Waals surface area contributed by atoms with Gasteiger partial charge in [0, 0.05) is 29.6 Å². The maximum absolute atomic E-state index is 13.4. The van der Waals surface area contributed by atoms with Crippen LogP contribution in [0.1, 0.15) is 65.5 Å². The molecule has 1 aliphatic heterocycles. The SMILES string of the molecule is CC(C)(C)NC(=O)NCCC[C@H]1CCCC2=Cc3c(-c4ccc(F)cc4)ncn3C[C@@]21C. The maximum atomic E-state index is 13.4. The van der Waals surface area contributed by atoms with Crippen molar-refractivity contribution in [1.29, 1.82) is 0 Å². The molecule has 5 nitrogen and oxygen atoms in total. The quantitative estimate of drug-likeness (QED) is 0.582. The van der Waals surface area contributed by atoms with Gasteiger partial charge < -0.3 is 15.2 Å². The van der Waals surface area contributed by atoms with E-state index in [2.05, 4.69) is 33.2 Å². The summed E-state index contributed by atoms with van der Waals surface area (Å²) in [6, 6.07) is 6.50. The highest BCUT2D eigenvalue weighted by molar-refractivity contribution is 5.74. The molecular weight excluding hydrogens is 403 g/mol. The Bertz CT molecular complexity index is 1000. The molecule has 0 radical (unpaired) electrons. The molecule has 2 atom stereocenters. The lowest BCUT2D eigenvalue weighted by molar-refractivity contribution is 0.141. The lowest BCUT2D eigenvalue weighted by Crippen LogP contribution is -2.46. The number of benzene rings is 1. The highest BCUT2D eigenvalue weighted by Crippen LogP contribution is 2.51. The van der Waals surface area contributed by atoms with Crippen molar-refractivity contribution in [2.24, 2.45) is 11.3 Å². The second kappa shape index (κ2) is 8.72. The average molecular weight is 439 g/mol. The van der Waals surface area contributed by atoms with E-state index in [-0.39, 0.29) is 22.8 Å². The van der Waals surface area contributed by atoms with Gasteiger partial charge in [-0.3, -0.25) is 0 Å². The summed E-state index contributed by atoms with van der Waals surface area (Å²) in [4.78, 5) is 16.7. The van der Waals surface area contributed by atoms with Crippen LogP contribution in [0.4, 0.5) is 9.18 Å². The van der Waals surface area contributed by atoms with Gasteiger partial charge in [-0.1, -0.05) is 12.5 Å². The minimum Gasteiger partial charge on any atom is -0.338 e. The van der Waals surface area contributed by atoms with Crippen LogP contribution in [-0.4, -0.2) is 27.7 Å². The number of hydrogen-bond donors (Lipinski definition) is 2. The third kappa shape index (κ3) is 4.74. The summed E-state index contributed by atoms with van der Waals surface area (Å²) in [7, 11) is 0. The summed E-state index contributed by atoms with van der Waals surface area (Å²) in [6.07, 6.45) is 9.86. The van der Waals surface area contributed by atoms with Gasteiger partial charge in [0.1, 0.15) is 5.82 Å². The molecule has 0 spiro atoms. The van der Waals surface area contributed by atoms with Gasteiger partial charge in [-0.2, -0.15) is 0 Å². The van der Waals surface area contributed by atoms with Gasteiger partial charge >= 0.3 is 6.03 Å². The number of halogens is 1. The molecule has 32 heavy (non-hydrogen) atoms. The number of allylic oxidation sites excluding steroid dienone is 1. The zero-order chi connectivity index (χ0) is 22.9. The largest absolute Gasteiger partial charge is 0.338 e. The summed E-state index contributed by atoms with van der Waals surface area (Å²) in [5, 5.41) is 5.95. The molecular formula is C26H35FN4O. The van der Waals surface area contributed by atoms with Crippen molar-refractivity contribution < 1.29 is 9.18 Å². The monoisotopic (exact) mass is 438 g/mol. The first kappa shape index (κ1) is 22.6. The van der Waals surface area contributed by atoms with Gasteiger partial charge in [-0.25, -0.2) is 14.2 Å². The number of rotatable bonds is 5. The predicted molar refractivity (Wildman–Crippen MR) is 127 cm³/mol. The third-order valence-corrected chi connectivity index (χ3v) is 6.94. The van der Waals surface area contributed by atoms with Crippen molar-refractivity contribution in [2.75, 3.05) is 6.54 Å². The second-order valence-corrected chi connectivity index (χ2v) is 10.6. The summed E-state index contributed by atoms with van der Waals surface area (Å²) < 4.78 is 15.6. The van der Waals surface area contributed by atoms with Crippen LogP contribution in [0.25, 0.3) is 17.3 Å². The van der Waals surface area contributed by atoms with Crippen LogP contribution in [0.5, 0.6) is 0 Å². The normalized spacial score (nSPS) is 22.5. The van der Waals surface area contributed by atoms with Gasteiger partial charge in [-0.15, -0.1) is 0 Å². The molecule has 172 valence electrons. The fraction of sp³-hybridized carbons (Fsp3) is 0.538. The number of hydrogen-bond acceptors (Lipinski definition) is 2. The molecule has 1 aliphatic carbocycles. The lowest BCUT2D eigenvalue weighted by Gasteiger charge is -2.46. The van der Waals surface area contributed by atoms with Crippen LogP contribution in [0.2, 0.25) is 0 Å². The Labute approximate surface area is 190 Å². The Kier molecular flexibility index (Phi) is 6.15. The van der Waals surface area contributed by atoms with Gasteiger partial charge in [0.25, 0.3) is 0 Å². The molecule has 1 aromatic heterocycles. The Balaban J connectivity index is 1.44. The highest BCUT2D eigenvalue weighted by atomic mass is 19.1. The molecule has 0 unspecified atom stereocenters. The van der Waals surface area contributed by atoms with Crippen molar-refractivity contribution in [3.63, 3.8) is 0 Å². The molecule has 4 rings (SSSR count). The number of fused-ring (bicyclic) bond motifs is 2. The molecule has 2 amide bonds. The van der Waals surface area contributed by atoms with E-state index < -0.39 is 0 Å². The predicted octanol–water partition coefficient (Wildman–Crippen LogP) is 5.77. The minimum atomic E-state index is -0.228. The average Bonchev–Trinajstić information content (AvgIpc) is 3.11. The summed E-state index contributed by atoms with van der Waals surface area (Å²) in [6.45, 7) is 9.96. The number of carbonyl (C=O) groups is 1. The second-order valence-electron chi connectivity index (χ2n) is 10.6. The fourth-order valence-corrected chi connectivity index (χ4v) is 5.29. The topological polar surface area (TPSA) is 59.0 Å².